The van der Waals surface area contributed by atoms with Crippen molar-refractivity contribution in [1.29, 1.82) is 0 Å². The molecule has 2 saturated heterocycles. The third-order valence-corrected chi connectivity index (χ3v) is 7.23. The monoisotopic (exact) mass is 346 g/mol. The molecule has 1 amide bonds. The number of carbonyl (C=O) groups is 2. The maximum atomic E-state index is 12.6. The Bertz CT molecular complexity index is 824. The van der Waals surface area contributed by atoms with Gasteiger partial charge in [0.2, 0.25) is 0 Å². The molecule has 2 fully saturated rings. The molecule has 118 valence electrons. The van der Waals surface area contributed by atoms with Gasteiger partial charge >= 0.3 is 29.6 Å². The molecule has 0 aromatic carbocycles. The molecule has 0 N–H and O–H groups in total. The van der Waals surface area contributed by atoms with Gasteiger partial charge in [0, 0.05) is 18.9 Å². The van der Waals surface area contributed by atoms with Crippen LogP contribution in [0, 0.1) is 0 Å². The molecule has 1 aromatic heterocycles. The number of nitrogens with zero attached hydrogens (tertiary/aromatic N) is 2. The van der Waals surface area contributed by atoms with Crippen LogP contribution < -0.4 is 34.7 Å². The van der Waals surface area contributed by atoms with Crippen LogP contribution in [0.4, 0.5) is 0 Å². The predicted octanol–water partition coefficient (Wildman–Crippen LogP) is -4.09. The van der Waals surface area contributed by atoms with Crippen molar-refractivity contribution in [3.05, 3.63) is 29.6 Å². The van der Waals surface area contributed by atoms with E-state index < -0.39 is 37.9 Å². The second-order valence-corrected chi connectivity index (χ2v) is 8.67. The van der Waals surface area contributed by atoms with Gasteiger partial charge in [0.25, 0.3) is 5.91 Å². The minimum absolute atomic E-state index is 0. The van der Waals surface area contributed by atoms with Crippen LogP contribution in [-0.2, 0) is 26.5 Å². The summed E-state index contributed by atoms with van der Waals surface area (Å²) >= 11 is 0. The van der Waals surface area contributed by atoms with Crippen molar-refractivity contribution in [3.63, 3.8) is 0 Å². The number of aromatic nitrogens is 1. The summed E-state index contributed by atoms with van der Waals surface area (Å²) in [5, 5.41) is 10.1. The van der Waals surface area contributed by atoms with E-state index in [1.54, 1.807) is 29.9 Å². The number of fused-ring (bicyclic) bond motifs is 1. The molecule has 7 nitrogen and oxygen atoms in total. The van der Waals surface area contributed by atoms with Crippen LogP contribution in [0.3, 0.4) is 0 Å². The number of hydrogen-bond acceptors (Lipinski definition) is 5. The average molecular weight is 346 g/mol. The van der Waals surface area contributed by atoms with Crippen LogP contribution in [0.25, 0.3) is 6.08 Å². The van der Waals surface area contributed by atoms with Gasteiger partial charge < -0.3 is 19.4 Å². The molecule has 2 aliphatic rings. The third-order valence-electron chi connectivity index (χ3n) is 4.47. The van der Waals surface area contributed by atoms with Crippen molar-refractivity contribution in [3.8, 4) is 0 Å². The summed E-state index contributed by atoms with van der Waals surface area (Å²) in [4.78, 5) is 24.5. The molecule has 23 heavy (non-hydrogen) atoms. The summed E-state index contributed by atoms with van der Waals surface area (Å²) in [6, 6.07) is 2.04. The van der Waals surface area contributed by atoms with E-state index >= 15 is 0 Å². The first-order valence-corrected chi connectivity index (χ1v) is 8.25. The van der Waals surface area contributed by atoms with E-state index in [0.717, 1.165) is 4.90 Å². The van der Waals surface area contributed by atoms with E-state index in [4.69, 9.17) is 0 Å². The van der Waals surface area contributed by atoms with E-state index in [0.29, 0.717) is 5.69 Å². The van der Waals surface area contributed by atoms with Crippen LogP contribution in [0.1, 0.15) is 19.5 Å². The number of aliphatic carboxylic acids is 1. The van der Waals surface area contributed by atoms with E-state index in [2.05, 4.69) is 0 Å². The molecule has 2 atom stereocenters. The molecule has 0 aliphatic carbocycles. The van der Waals surface area contributed by atoms with Gasteiger partial charge in [-0.25, -0.2) is 8.42 Å². The molecule has 2 aliphatic heterocycles. The van der Waals surface area contributed by atoms with Crippen molar-refractivity contribution < 1.29 is 52.7 Å². The number of rotatable bonds is 2. The van der Waals surface area contributed by atoms with E-state index in [1.807, 2.05) is 0 Å². The minimum atomic E-state index is -3.85. The number of amides is 1. The van der Waals surface area contributed by atoms with Crippen LogP contribution in [0.15, 0.2) is 23.9 Å². The van der Waals surface area contributed by atoms with E-state index in [9.17, 15) is 23.1 Å². The van der Waals surface area contributed by atoms with Crippen LogP contribution in [0.5, 0.6) is 0 Å². The molecule has 3 heterocycles. The standard InChI is InChI=1S/C14H16N2O5S.Na/c1-14(2)10(13(18)19)16-11(17)9(12(16)22(14,20)21)7-8-5-4-6-15(8)3;/h4-7,10,12H,1-3H3,(H,18,19);/q;+1/p-1/b9-7+;/t10-,12+;/m0./s1. The Morgan fingerprint density at radius 1 is 1.39 bits per heavy atom. The van der Waals surface area contributed by atoms with Crippen molar-refractivity contribution in [2.24, 2.45) is 7.05 Å². The maximum absolute atomic E-state index is 12.6. The first-order chi connectivity index (χ1) is 10.1. The smallest absolute Gasteiger partial charge is 0.548 e. The van der Waals surface area contributed by atoms with Gasteiger partial charge in [0.1, 0.15) is 0 Å². The number of carboxylic acids is 1. The van der Waals surface area contributed by atoms with E-state index in [-0.39, 0.29) is 35.1 Å². The molecule has 0 radical (unpaired) electrons. The largest absolute Gasteiger partial charge is 1.00 e. The quantitative estimate of drug-likeness (QED) is 0.308. The summed E-state index contributed by atoms with van der Waals surface area (Å²) in [5.74, 6) is -2.13. The molecule has 0 saturated carbocycles. The Kier molecular flexibility index (Phi) is 4.34. The first kappa shape index (κ1) is 18.3. The van der Waals surface area contributed by atoms with Crippen molar-refractivity contribution in [1.82, 2.24) is 9.47 Å². The first-order valence-electron chi connectivity index (χ1n) is 6.70. The molecular formula is C14H15N2NaO5S. The Hall–Kier alpha value is -1.09. The number of hydrogen-bond donors (Lipinski definition) is 0. The zero-order chi connectivity index (χ0) is 16.4. The number of sulfone groups is 1. The minimum Gasteiger partial charge on any atom is -0.548 e. The third kappa shape index (κ3) is 2.23. The second-order valence-electron chi connectivity index (χ2n) is 6.08. The maximum Gasteiger partial charge on any atom is 1.00 e. The fourth-order valence-electron chi connectivity index (χ4n) is 3.11. The fourth-order valence-corrected chi connectivity index (χ4v) is 5.22. The zero-order valence-electron chi connectivity index (χ0n) is 13.3. The molecule has 1 aromatic rings. The summed E-state index contributed by atoms with van der Waals surface area (Å²) in [6.07, 6.45) is 3.26. The number of carbonyl (C=O) groups excluding carboxylic acids is 2. The van der Waals surface area contributed by atoms with Crippen molar-refractivity contribution in [2.45, 2.75) is 30.0 Å². The van der Waals surface area contributed by atoms with Crippen molar-refractivity contribution in [2.75, 3.05) is 0 Å². The zero-order valence-corrected chi connectivity index (χ0v) is 16.1. The number of aryl methyl sites for hydroxylation is 1. The topological polar surface area (TPSA) is 99.5 Å². The summed E-state index contributed by atoms with van der Waals surface area (Å²) < 4.78 is 25.4. The Balaban J connectivity index is 0.00000192. The second kappa shape index (κ2) is 5.47. The van der Waals surface area contributed by atoms with Gasteiger partial charge in [-0.2, -0.15) is 0 Å². The number of β-lactam (4-membered cyclic amide) rings is 1. The summed E-state index contributed by atoms with van der Waals surface area (Å²) in [7, 11) is -2.08. The molecule has 9 heteroatoms. The predicted molar refractivity (Wildman–Crippen MR) is 75.8 cm³/mol. The summed E-state index contributed by atoms with van der Waals surface area (Å²) in [6.45, 7) is 2.63. The molecule has 0 bridgehead atoms. The fraction of sp³-hybridized carbons (Fsp3) is 0.429. The van der Waals surface area contributed by atoms with Gasteiger partial charge in [-0.05, 0) is 32.1 Å². The van der Waals surface area contributed by atoms with Crippen LogP contribution >= 0.6 is 0 Å². The van der Waals surface area contributed by atoms with Gasteiger partial charge in [0.15, 0.2) is 15.2 Å². The van der Waals surface area contributed by atoms with Crippen LogP contribution in [-0.4, -0.2) is 45.9 Å². The molecule has 3 rings (SSSR count). The van der Waals surface area contributed by atoms with Gasteiger partial charge in [-0.3, -0.25) is 4.79 Å². The van der Waals surface area contributed by atoms with Gasteiger partial charge in [0.05, 0.1) is 22.3 Å². The molecular weight excluding hydrogens is 331 g/mol. The Morgan fingerprint density at radius 3 is 2.48 bits per heavy atom. The summed E-state index contributed by atoms with van der Waals surface area (Å²) in [5.41, 5.74) is 0.770. The molecule has 0 spiro atoms. The average Bonchev–Trinajstić information content (AvgIpc) is 2.85. The normalized spacial score (nSPS) is 28.9. The van der Waals surface area contributed by atoms with Crippen LogP contribution in [0.2, 0.25) is 0 Å². The van der Waals surface area contributed by atoms with E-state index in [1.165, 1.54) is 19.9 Å². The SMILES string of the molecule is Cn1cccc1/C=C1\C(=O)N2[C@@H](C(=O)[O-])C(C)(C)S(=O)(=O)[C@H]12.[Na+]. The van der Waals surface area contributed by atoms with Gasteiger partial charge in [-0.1, -0.05) is 0 Å². The number of carboxylic acid groups (broad SMARTS) is 1. The van der Waals surface area contributed by atoms with Gasteiger partial charge in [-0.15, -0.1) is 0 Å². The Morgan fingerprint density at radius 2 is 2.00 bits per heavy atom. The van der Waals surface area contributed by atoms with Crippen molar-refractivity contribution >= 4 is 27.8 Å². The molecule has 0 unspecified atom stereocenters. The Labute approximate surface area is 156 Å².